The molecule has 0 spiro atoms. The van der Waals surface area contributed by atoms with Gasteiger partial charge in [0.15, 0.2) is 0 Å². The number of amides is 1. The van der Waals surface area contributed by atoms with E-state index in [2.05, 4.69) is 11.4 Å². The van der Waals surface area contributed by atoms with Gasteiger partial charge in [0.1, 0.15) is 5.75 Å². The standard InChI is InChI=1S/C21H28N2O5S/c1-15-12-16(2)17(3)20(13-15)28-11-7-10-22-21(24)18-8-6-9-19(14-18)29(25,26)23(4)27-5/h6,8-9,12-14H,7,10-11H2,1-5H3,(H,22,24). The lowest BCUT2D eigenvalue weighted by Crippen LogP contribution is -2.27. The lowest BCUT2D eigenvalue weighted by molar-refractivity contribution is -0.0258. The summed E-state index contributed by atoms with van der Waals surface area (Å²) in [6.07, 6.45) is 0.628. The molecule has 8 heteroatoms. The van der Waals surface area contributed by atoms with E-state index in [1.165, 1.54) is 37.9 Å². The highest BCUT2D eigenvalue weighted by atomic mass is 32.2. The number of benzene rings is 2. The van der Waals surface area contributed by atoms with E-state index in [-0.39, 0.29) is 16.4 Å². The molecule has 158 valence electrons. The van der Waals surface area contributed by atoms with Crippen LogP contribution in [-0.4, -0.2) is 46.1 Å². The summed E-state index contributed by atoms with van der Waals surface area (Å²) in [5.74, 6) is 0.513. The second kappa shape index (κ2) is 9.87. The molecular weight excluding hydrogens is 392 g/mol. The molecule has 0 aliphatic rings. The van der Waals surface area contributed by atoms with Gasteiger partial charge >= 0.3 is 0 Å². The van der Waals surface area contributed by atoms with Gasteiger partial charge in [-0.25, -0.2) is 8.42 Å². The average molecular weight is 421 g/mol. The molecule has 0 bridgehead atoms. The summed E-state index contributed by atoms with van der Waals surface area (Å²) in [5, 5.41) is 2.79. The Morgan fingerprint density at radius 3 is 2.55 bits per heavy atom. The zero-order chi connectivity index (χ0) is 21.6. The first-order chi connectivity index (χ1) is 13.7. The zero-order valence-corrected chi connectivity index (χ0v) is 18.3. The second-order valence-electron chi connectivity index (χ2n) is 6.79. The smallest absolute Gasteiger partial charge is 0.264 e. The molecule has 0 saturated carbocycles. The van der Waals surface area contributed by atoms with Crippen molar-refractivity contribution >= 4 is 15.9 Å². The minimum Gasteiger partial charge on any atom is -0.493 e. The Morgan fingerprint density at radius 1 is 1.14 bits per heavy atom. The van der Waals surface area contributed by atoms with Gasteiger partial charge in [0.2, 0.25) is 0 Å². The quantitative estimate of drug-likeness (QED) is 0.498. The van der Waals surface area contributed by atoms with Crippen LogP contribution < -0.4 is 10.1 Å². The Bertz CT molecular complexity index is 973. The number of hydroxylamine groups is 1. The number of aryl methyl sites for hydroxylation is 2. The molecule has 0 radical (unpaired) electrons. The minimum atomic E-state index is -3.80. The van der Waals surface area contributed by atoms with Crippen LogP contribution >= 0.6 is 0 Å². The molecule has 0 aromatic heterocycles. The Labute approximate surface area is 172 Å². The van der Waals surface area contributed by atoms with E-state index in [1.54, 1.807) is 6.07 Å². The fourth-order valence-corrected chi connectivity index (χ4v) is 3.77. The van der Waals surface area contributed by atoms with Gasteiger partial charge in [-0.3, -0.25) is 9.63 Å². The van der Waals surface area contributed by atoms with E-state index in [0.717, 1.165) is 21.3 Å². The molecule has 2 aromatic rings. The summed E-state index contributed by atoms with van der Waals surface area (Å²) in [5.41, 5.74) is 3.70. The summed E-state index contributed by atoms with van der Waals surface area (Å²) in [7, 11) is -1.25. The molecule has 7 nitrogen and oxygen atoms in total. The second-order valence-corrected chi connectivity index (χ2v) is 8.72. The molecule has 0 aliphatic carbocycles. The molecule has 0 aliphatic heterocycles. The maximum absolute atomic E-state index is 12.3. The monoisotopic (exact) mass is 420 g/mol. The van der Waals surface area contributed by atoms with Crippen molar-refractivity contribution in [2.75, 3.05) is 27.3 Å². The van der Waals surface area contributed by atoms with Crippen molar-refractivity contribution in [1.82, 2.24) is 9.79 Å². The first kappa shape index (κ1) is 22.9. The van der Waals surface area contributed by atoms with Gasteiger partial charge in [0.25, 0.3) is 15.9 Å². The van der Waals surface area contributed by atoms with Crippen LogP contribution in [-0.2, 0) is 14.9 Å². The van der Waals surface area contributed by atoms with E-state index in [4.69, 9.17) is 9.57 Å². The van der Waals surface area contributed by atoms with Gasteiger partial charge in [0, 0.05) is 19.2 Å². The van der Waals surface area contributed by atoms with E-state index in [1.807, 2.05) is 26.8 Å². The first-order valence-electron chi connectivity index (χ1n) is 9.28. The van der Waals surface area contributed by atoms with Crippen molar-refractivity contribution in [3.63, 3.8) is 0 Å². The number of ether oxygens (including phenoxy) is 1. The van der Waals surface area contributed by atoms with Gasteiger partial charge in [-0.15, -0.1) is 0 Å². The molecule has 0 fully saturated rings. The van der Waals surface area contributed by atoms with Crippen LogP contribution in [0.1, 0.15) is 33.5 Å². The van der Waals surface area contributed by atoms with E-state index in [0.29, 0.717) is 19.6 Å². The Balaban J connectivity index is 1.90. The van der Waals surface area contributed by atoms with Crippen molar-refractivity contribution in [1.29, 1.82) is 0 Å². The maximum atomic E-state index is 12.3. The molecule has 1 N–H and O–H groups in total. The number of rotatable bonds is 9. The summed E-state index contributed by atoms with van der Waals surface area (Å²) in [4.78, 5) is 17.1. The van der Waals surface area contributed by atoms with Crippen molar-refractivity contribution in [2.24, 2.45) is 0 Å². The molecule has 0 atom stereocenters. The third-order valence-corrected chi connectivity index (χ3v) is 6.29. The lowest BCUT2D eigenvalue weighted by Gasteiger charge is -2.15. The lowest BCUT2D eigenvalue weighted by atomic mass is 10.1. The van der Waals surface area contributed by atoms with Crippen molar-refractivity contribution in [3.8, 4) is 5.75 Å². The molecule has 2 rings (SSSR count). The highest BCUT2D eigenvalue weighted by molar-refractivity contribution is 7.89. The van der Waals surface area contributed by atoms with E-state index >= 15 is 0 Å². The summed E-state index contributed by atoms with van der Waals surface area (Å²) in [6.45, 7) is 6.98. The number of nitrogens with one attached hydrogen (secondary N) is 1. The van der Waals surface area contributed by atoms with Crippen molar-refractivity contribution in [2.45, 2.75) is 32.1 Å². The van der Waals surface area contributed by atoms with Crippen LogP contribution in [0.2, 0.25) is 0 Å². The zero-order valence-electron chi connectivity index (χ0n) is 17.5. The fraction of sp³-hybridized carbons (Fsp3) is 0.381. The molecular formula is C21H28N2O5S. The summed E-state index contributed by atoms with van der Waals surface area (Å²) >= 11 is 0. The van der Waals surface area contributed by atoms with Gasteiger partial charge in [0.05, 0.1) is 18.6 Å². The van der Waals surface area contributed by atoms with Crippen LogP contribution in [0.25, 0.3) is 0 Å². The van der Waals surface area contributed by atoms with Crippen LogP contribution in [0.4, 0.5) is 0 Å². The predicted octanol–water partition coefficient (Wildman–Crippen LogP) is 2.99. The number of hydrogen-bond acceptors (Lipinski definition) is 5. The fourth-order valence-electron chi connectivity index (χ4n) is 2.75. The number of sulfonamides is 1. The third kappa shape index (κ3) is 5.79. The number of carbonyl (C=O) groups excluding carboxylic acids is 1. The minimum absolute atomic E-state index is 0.0110. The van der Waals surface area contributed by atoms with Crippen LogP contribution in [0.15, 0.2) is 41.3 Å². The predicted molar refractivity (Wildman–Crippen MR) is 111 cm³/mol. The number of carbonyl (C=O) groups is 1. The molecule has 29 heavy (non-hydrogen) atoms. The third-order valence-electron chi connectivity index (χ3n) is 4.62. The van der Waals surface area contributed by atoms with Gasteiger partial charge in [-0.05, 0) is 68.1 Å². The molecule has 0 unspecified atom stereocenters. The first-order valence-corrected chi connectivity index (χ1v) is 10.7. The highest BCUT2D eigenvalue weighted by Gasteiger charge is 2.21. The number of hydrogen-bond donors (Lipinski definition) is 1. The maximum Gasteiger partial charge on any atom is 0.264 e. The number of nitrogens with zero attached hydrogens (tertiary/aromatic N) is 1. The molecule has 1 amide bonds. The summed E-state index contributed by atoms with van der Waals surface area (Å²) < 4.78 is 31.2. The van der Waals surface area contributed by atoms with Gasteiger partial charge in [-0.2, -0.15) is 0 Å². The van der Waals surface area contributed by atoms with Crippen molar-refractivity contribution < 1.29 is 22.8 Å². The largest absolute Gasteiger partial charge is 0.493 e. The molecule has 0 heterocycles. The Hall–Kier alpha value is -2.42. The topological polar surface area (TPSA) is 84.9 Å². The van der Waals surface area contributed by atoms with Crippen LogP contribution in [0, 0.1) is 20.8 Å². The average Bonchev–Trinajstić information content (AvgIpc) is 2.70. The Kier molecular flexibility index (Phi) is 7.78. The van der Waals surface area contributed by atoms with Crippen molar-refractivity contribution in [3.05, 3.63) is 58.7 Å². The molecule has 0 saturated heterocycles. The SMILES string of the molecule is CON(C)S(=O)(=O)c1cccc(C(=O)NCCCOc2cc(C)cc(C)c2C)c1. The van der Waals surface area contributed by atoms with Crippen LogP contribution in [0.5, 0.6) is 5.75 Å². The van der Waals surface area contributed by atoms with E-state index < -0.39 is 10.0 Å². The normalized spacial score (nSPS) is 11.5. The summed E-state index contributed by atoms with van der Waals surface area (Å²) in [6, 6.07) is 9.95. The van der Waals surface area contributed by atoms with Gasteiger partial charge < -0.3 is 10.1 Å². The molecule has 2 aromatic carbocycles. The van der Waals surface area contributed by atoms with E-state index in [9.17, 15) is 13.2 Å². The van der Waals surface area contributed by atoms with Crippen LogP contribution in [0.3, 0.4) is 0 Å². The Morgan fingerprint density at radius 2 is 1.86 bits per heavy atom. The highest BCUT2D eigenvalue weighted by Crippen LogP contribution is 2.23. The van der Waals surface area contributed by atoms with Gasteiger partial charge in [-0.1, -0.05) is 16.6 Å².